The fraction of sp³-hybridized carbons (Fsp3) is 0.846. The smallest absolute Gasteiger partial charge is 0.237 e. The monoisotopic (exact) mass is 287 g/mol. The van der Waals surface area contributed by atoms with Gasteiger partial charge in [0.15, 0.2) is 0 Å². The van der Waals surface area contributed by atoms with Crippen LogP contribution in [-0.2, 0) is 9.53 Å². The summed E-state index contributed by atoms with van der Waals surface area (Å²) in [4.78, 5) is 14.6. The number of nitrogens with zero attached hydrogens (tertiary/aromatic N) is 1. The Morgan fingerprint density at radius 2 is 2.26 bits per heavy atom. The number of ether oxygens (including phenoxy) is 1. The molecule has 0 bridgehead atoms. The van der Waals surface area contributed by atoms with Crippen molar-refractivity contribution < 1.29 is 9.53 Å². The molecule has 0 aliphatic carbocycles. The van der Waals surface area contributed by atoms with Gasteiger partial charge in [-0.1, -0.05) is 25.6 Å². The third kappa shape index (κ3) is 5.04. The number of carbonyl (C=O) groups is 1. The SMILES string of the molecule is CCCC(C)NC(=O)C(C)N1CCOC(C(N)=S)C1. The summed E-state index contributed by atoms with van der Waals surface area (Å²) in [5.74, 6) is 0.0598. The molecule has 0 saturated carbocycles. The van der Waals surface area contributed by atoms with Crippen LogP contribution >= 0.6 is 12.2 Å². The lowest BCUT2D eigenvalue weighted by Crippen LogP contribution is -2.55. The minimum atomic E-state index is -0.243. The Balaban J connectivity index is 2.49. The highest BCUT2D eigenvalue weighted by Crippen LogP contribution is 2.10. The molecule has 110 valence electrons. The first-order chi connectivity index (χ1) is 8.95. The zero-order valence-corrected chi connectivity index (χ0v) is 12.8. The molecule has 0 aromatic rings. The van der Waals surface area contributed by atoms with Gasteiger partial charge in [-0.25, -0.2) is 0 Å². The summed E-state index contributed by atoms with van der Waals surface area (Å²) in [6, 6.07) is 0.0347. The van der Waals surface area contributed by atoms with Crippen molar-refractivity contribution in [1.29, 1.82) is 0 Å². The van der Waals surface area contributed by atoms with E-state index in [1.54, 1.807) is 0 Å². The lowest BCUT2D eigenvalue weighted by Gasteiger charge is -2.36. The van der Waals surface area contributed by atoms with Gasteiger partial charge in [-0.2, -0.15) is 0 Å². The number of nitrogens with one attached hydrogen (secondary N) is 1. The normalized spacial score (nSPS) is 23.6. The van der Waals surface area contributed by atoms with E-state index >= 15 is 0 Å². The topological polar surface area (TPSA) is 67.6 Å². The Kier molecular flexibility index (Phi) is 6.68. The molecule has 1 heterocycles. The number of hydrogen-bond acceptors (Lipinski definition) is 4. The fourth-order valence-electron chi connectivity index (χ4n) is 2.23. The van der Waals surface area contributed by atoms with E-state index in [9.17, 15) is 4.79 Å². The van der Waals surface area contributed by atoms with Gasteiger partial charge in [-0.05, 0) is 20.3 Å². The maximum atomic E-state index is 12.1. The van der Waals surface area contributed by atoms with Gasteiger partial charge in [0.1, 0.15) is 11.1 Å². The molecule has 0 radical (unpaired) electrons. The van der Waals surface area contributed by atoms with Crippen molar-refractivity contribution in [3.8, 4) is 0 Å². The van der Waals surface area contributed by atoms with E-state index in [0.717, 1.165) is 19.4 Å². The number of amides is 1. The second kappa shape index (κ2) is 7.77. The highest BCUT2D eigenvalue weighted by molar-refractivity contribution is 7.80. The molecule has 3 atom stereocenters. The molecule has 6 heteroatoms. The predicted molar refractivity (Wildman–Crippen MR) is 80.1 cm³/mol. The van der Waals surface area contributed by atoms with E-state index in [1.807, 2.05) is 13.8 Å². The Bertz CT molecular complexity index is 325. The molecule has 3 N–H and O–H groups in total. The molecule has 1 aliphatic heterocycles. The van der Waals surface area contributed by atoms with Gasteiger partial charge >= 0.3 is 0 Å². The molecule has 1 rings (SSSR count). The van der Waals surface area contributed by atoms with Crippen molar-refractivity contribution in [3.05, 3.63) is 0 Å². The lowest BCUT2D eigenvalue weighted by molar-refractivity contribution is -0.128. The number of thiocarbonyl (C=S) groups is 1. The first-order valence-corrected chi connectivity index (χ1v) is 7.31. The van der Waals surface area contributed by atoms with Crippen molar-refractivity contribution in [3.63, 3.8) is 0 Å². The van der Waals surface area contributed by atoms with Crippen LogP contribution in [0.3, 0.4) is 0 Å². The van der Waals surface area contributed by atoms with Crippen LogP contribution in [0.25, 0.3) is 0 Å². The van der Waals surface area contributed by atoms with Crippen LogP contribution in [-0.4, -0.2) is 53.7 Å². The third-order valence-corrected chi connectivity index (χ3v) is 3.72. The van der Waals surface area contributed by atoms with Crippen LogP contribution < -0.4 is 11.1 Å². The fourth-order valence-corrected chi connectivity index (χ4v) is 2.37. The minimum absolute atomic E-state index is 0.0598. The van der Waals surface area contributed by atoms with Crippen LogP contribution in [0.15, 0.2) is 0 Å². The predicted octanol–water partition coefficient (Wildman–Crippen LogP) is 0.667. The maximum Gasteiger partial charge on any atom is 0.237 e. The standard InChI is InChI=1S/C13H25N3O2S/c1-4-5-9(2)15-13(17)10(3)16-6-7-18-11(8-16)12(14)19/h9-11H,4-8H2,1-3H3,(H2,14,19)(H,15,17). The number of nitrogens with two attached hydrogens (primary N) is 1. The van der Waals surface area contributed by atoms with Crippen molar-refractivity contribution in [2.75, 3.05) is 19.7 Å². The molecule has 1 amide bonds. The van der Waals surface area contributed by atoms with Gasteiger partial charge in [0, 0.05) is 19.1 Å². The highest BCUT2D eigenvalue weighted by Gasteiger charge is 2.29. The van der Waals surface area contributed by atoms with E-state index < -0.39 is 0 Å². The van der Waals surface area contributed by atoms with Crippen LogP contribution in [0.1, 0.15) is 33.6 Å². The number of rotatable bonds is 6. The minimum Gasteiger partial charge on any atom is -0.391 e. The van der Waals surface area contributed by atoms with Crippen LogP contribution in [0.2, 0.25) is 0 Å². The van der Waals surface area contributed by atoms with Crippen molar-refractivity contribution in [2.24, 2.45) is 5.73 Å². The van der Waals surface area contributed by atoms with E-state index in [4.69, 9.17) is 22.7 Å². The molecule has 5 nitrogen and oxygen atoms in total. The molecule has 0 aromatic carbocycles. The van der Waals surface area contributed by atoms with Crippen LogP contribution in [0.5, 0.6) is 0 Å². The Labute approximate surface area is 120 Å². The zero-order chi connectivity index (χ0) is 14.4. The Morgan fingerprint density at radius 1 is 1.58 bits per heavy atom. The van der Waals surface area contributed by atoms with Gasteiger partial charge in [-0.15, -0.1) is 0 Å². The second-order valence-corrected chi connectivity index (χ2v) is 5.60. The zero-order valence-electron chi connectivity index (χ0n) is 12.0. The summed E-state index contributed by atoms with van der Waals surface area (Å²) in [7, 11) is 0. The molecule has 1 fully saturated rings. The van der Waals surface area contributed by atoms with Crippen molar-refractivity contribution in [1.82, 2.24) is 10.2 Å². The maximum absolute atomic E-state index is 12.1. The summed E-state index contributed by atoms with van der Waals surface area (Å²) >= 11 is 4.95. The lowest BCUT2D eigenvalue weighted by atomic mass is 10.1. The summed E-state index contributed by atoms with van der Waals surface area (Å²) < 4.78 is 5.48. The summed E-state index contributed by atoms with van der Waals surface area (Å²) in [6.07, 6.45) is 1.82. The quantitative estimate of drug-likeness (QED) is 0.703. The first-order valence-electron chi connectivity index (χ1n) is 6.91. The number of carbonyl (C=O) groups excluding carboxylic acids is 1. The van der Waals surface area contributed by atoms with Crippen LogP contribution in [0, 0.1) is 0 Å². The molecular weight excluding hydrogens is 262 g/mol. The van der Waals surface area contributed by atoms with Gasteiger partial charge < -0.3 is 15.8 Å². The van der Waals surface area contributed by atoms with E-state index in [0.29, 0.717) is 18.1 Å². The highest BCUT2D eigenvalue weighted by atomic mass is 32.1. The van der Waals surface area contributed by atoms with E-state index in [1.165, 1.54) is 0 Å². The van der Waals surface area contributed by atoms with Crippen LogP contribution in [0.4, 0.5) is 0 Å². The molecular formula is C13H25N3O2S. The Hall–Kier alpha value is -0.720. The third-order valence-electron chi connectivity index (χ3n) is 3.45. The number of morpholine rings is 1. The number of hydrogen-bond donors (Lipinski definition) is 2. The second-order valence-electron chi connectivity index (χ2n) is 5.13. The summed E-state index contributed by atoms with van der Waals surface area (Å²) in [6.45, 7) is 7.94. The van der Waals surface area contributed by atoms with Gasteiger partial charge in [-0.3, -0.25) is 9.69 Å². The molecule has 3 unspecified atom stereocenters. The van der Waals surface area contributed by atoms with Gasteiger partial charge in [0.25, 0.3) is 0 Å². The van der Waals surface area contributed by atoms with Crippen molar-refractivity contribution in [2.45, 2.75) is 51.8 Å². The molecule has 1 aliphatic rings. The average molecular weight is 287 g/mol. The Morgan fingerprint density at radius 3 is 2.84 bits per heavy atom. The average Bonchev–Trinajstić information content (AvgIpc) is 2.38. The molecule has 1 saturated heterocycles. The molecule has 0 aromatic heterocycles. The van der Waals surface area contributed by atoms with Crippen molar-refractivity contribution >= 4 is 23.1 Å². The summed E-state index contributed by atoms with van der Waals surface area (Å²) in [5, 5.41) is 3.04. The molecule has 0 spiro atoms. The summed E-state index contributed by atoms with van der Waals surface area (Å²) in [5.41, 5.74) is 5.61. The largest absolute Gasteiger partial charge is 0.391 e. The molecule has 19 heavy (non-hydrogen) atoms. The van der Waals surface area contributed by atoms with Gasteiger partial charge in [0.2, 0.25) is 5.91 Å². The van der Waals surface area contributed by atoms with E-state index in [2.05, 4.69) is 17.1 Å². The van der Waals surface area contributed by atoms with Gasteiger partial charge in [0.05, 0.1) is 12.6 Å². The van der Waals surface area contributed by atoms with E-state index in [-0.39, 0.29) is 24.1 Å². The first kappa shape index (κ1) is 16.3.